The Morgan fingerprint density at radius 2 is 1.55 bits per heavy atom. The SMILES string of the molecule is CCCc1ccc(C(=O)OCCOC(=O)N(CC)CC)cc1. The largest absolute Gasteiger partial charge is 0.458 e. The van der Waals surface area contributed by atoms with Gasteiger partial charge in [-0.25, -0.2) is 9.59 Å². The molecule has 5 heteroatoms. The summed E-state index contributed by atoms with van der Waals surface area (Å²) < 4.78 is 10.1. The van der Waals surface area contributed by atoms with Gasteiger partial charge in [-0.3, -0.25) is 0 Å². The number of nitrogens with zero attached hydrogens (tertiary/aromatic N) is 1. The summed E-state index contributed by atoms with van der Waals surface area (Å²) in [6.45, 7) is 7.19. The fraction of sp³-hybridized carbons (Fsp3) is 0.529. The van der Waals surface area contributed by atoms with Gasteiger partial charge in [0.25, 0.3) is 0 Å². The molecule has 1 amide bonds. The van der Waals surface area contributed by atoms with Gasteiger partial charge >= 0.3 is 12.1 Å². The molecule has 0 aromatic heterocycles. The summed E-state index contributed by atoms with van der Waals surface area (Å²) in [7, 11) is 0. The molecule has 0 atom stereocenters. The molecule has 1 rings (SSSR count). The van der Waals surface area contributed by atoms with Crippen LogP contribution in [0.5, 0.6) is 0 Å². The maximum absolute atomic E-state index is 11.8. The Bertz CT molecular complexity index is 466. The molecule has 0 bridgehead atoms. The second kappa shape index (κ2) is 9.82. The molecule has 0 N–H and O–H groups in total. The smallest absolute Gasteiger partial charge is 0.409 e. The van der Waals surface area contributed by atoms with Gasteiger partial charge in [-0.05, 0) is 38.0 Å². The second-order valence-corrected chi connectivity index (χ2v) is 4.87. The summed E-state index contributed by atoms with van der Waals surface area (Å²) in [6.07, 6.45) is 1.68. The van der Waals surface area contributed by atoms with Gasteiger partial charge in [0, 0.05) is 13.1 Å². The fourth-order valence-corrected chi connectivity index (χ4v) is 2.02. The van der Waals surface area contributed by atoms with Gasteiger partial charge in [0.15, 0.2) is 0 Å². The number of hydrogen-bond donors (Lipinski definition) is 0. The maximum Gasteiger partial charge on any atom is 0.409 e. The zero-order chi connectivity index (χ0) is 16.4. The van der Waals surface area contributed by atoms with Crippen LogP contribution < -0.4 is 0 Å². The fourth-order valence-electron chi connectivity index (χ4n) is 2.02. The highest BCUT2D eigenvalue weighted by Gasteiger charge is 2.11. The van der Waals surface area contributed by atoms with Gasteiger partial charge in [-0.1, -0.05) is 25.5 Å². The van der Waals surface area contributed by atoms with Crippen LogP contribution in [0.2, 0.25) is 0 Å². The lowest BCUT2D eigenvalue weighted by Crippen LogP contribution is -2.32. The molecule has 0 heterocycles. The van der Waals surface area contributed by atoms with Gasteiger partial charge in [0.1, 0.15) is 13.2 Å². The third-order valence-electron chi connectivity index (χ3n) is 3.29. The number of carbonyl (C=O) groups excluding carboxylic acids is 2. The van der Waals surface area contributed by atoms with Crippen molar-refractivity contribution in [3.63, 3.8) is 0 Å². The van der Waals surface area contributed by atoms with Crippen molar-refractivity contribution in [1.82, 2.24) is 4.90 Å². The van der Waals surface area contributed by atoms with Crippen LogP contribution in [-0.4, -0.2) is 43.3 Å². The number of rotatable bonds is 8. The standard InChI is InChI=1S/C17H25NO4/c1-4-7-14-8-10-15(11-9-14)16(19)21-12-13-22-17(20)18(5-2)6-3/h8-11H,4-7,12-13H2,1-3H3. The van der Waals surface area contributed by atoms with E-state index in [0.29, 0.717) is 18.7 Å². The van der Waals surface area contributed by atoms with Gasteiger partial charge in [0.05, 0.1) is 5.56 Å². The number of hydrogen-bond acceptors (Lipinski definition) is 4. The van der Waals surface area contributed by atoms with Gasteiger partial charge in [-0.2, -0.15) is 0 Å². The van der Waals surface area contributed by atoms with E-state index in [4.69, 9.17) is 9.47 Å². The lowest BCUT2D eigenvalue weighted by atomic mass is 10.1. The van der Waals surface area contributed by atoms with Crippen LogP contribution in [0.3, 0.4) is 0 Å². The molecule has 0 radical (unpaired) electrons. The van der Waals surface area contributed by atoms with Crippen molar-refractivity contribution in [3.8, 4) is 0 Å². The first-order valence-electron chi connectivity index (χ1n) is 7.80. The predicted molar refractivity (Wildman–Crippen MR) is 85.0 cm³/mol. The maximum atomic E-state index is 11.8. The van der Waals surface area contributed by atoms with Gasteiger partial charge in [-0.15, -0.1) is 0 Å². The molecule has 0 saturated carbocycles. The molecule has 0 unspecified atom stereocenters. The van der Waals surface area contributed by atoms with Crippen LogP contribution in [0.25, 0.3) is 0 Å². The van der Waals surface area contributed by atoms with Crippen LogP contribution >= 0.6 is 0 Å². The summed E-state index contributed by atoms with van der Waals surface area (Å²) >= 11 is 0. The molecule has 0 aliphatic rings. The van der Waals surface area contributed by atoms with Gasteiger partial charge in [0.2, 0.25) is 0 Å². The Labute approximate surface area is 132 Å². The molecule has 0 aliphatic heterocycles. The summed E-state index contributed by atoms with van der Waals surface area (Å²) in [6, 6.07) is 7.38. The first kappa shape index (κ1) is 18.0. The molecule has 0 aliphatic carbocycles. The topological polar surface area (TPSA) is 55.8 Å². The molecule has 0 fully saturated rings. The highest BCUT2D eigenvalue weighted by atomic mass is 16.6. The minimum absolute atomic E-state index is 0.0581. The van der Waals surface area contributed by atoms with E-state index in [9.17, 15) is 9.59 Å². The van der Waals surface area contributed by atoms with Crippen LogP contribution in [0.1, 0.15) is 43.1 Å². The first-order valence-corrected chi connectivity index (χ1v) is 7.80. The van der Waals surface area contributed by atoms with Crippen LogP contribution in [-0.2, 0) is 15.9 Å². The van der Waals surface area contributed by atoms with Crippen molar-refractivity contribution in [1.29, 1.82) is 0 Å². The molecule has 1 aromatic carbocycles. The molecule has 122 valence electrons. The number of aryl methyl sites for hydroxylation is 1. The zero-order valence-electron chi connectivity index (χ0n) is 13.6. The number of ether oxygens (including phenoxy) is 2. The predicted octanol–water partition coefficient (Wildman–Crippen LogP) is 3.27. The Morgan fingerprint density at radius 3 is 2.09 bits per heavy atom. The van der Waals surface area contributed by atoms with E-state index in [-0.39, 0.29) is 19.3 Å². The van der Waals surface area contributed by atoms with Crippen molar-refractivity contribution >= 4 is 12.1 Å². The lowest BCUT2D eigenvalue weighted by molar-refractivity contribution is 0.0360. The Hall–Kier alpha value is -2.04. The average molecular weight is 307 g/mol. The number of esters is 1. The zero-order valence-corrected chi connectivity index (χ0v) is 13.6. The van der Waals surface area contributed by atoms with E-state index in [2.05, 4.69) is 6.92 Å². The number of benzene rings is 1. The Morgan fingerprint density at radius 1 is 0.955 bits per heavy atom. The quantitative estimate of drug-likeness (QED) is 0.546. The summed E-state index contributed by atoms with van der Waals surface area (Å²) in [4.78, 5) is 25.0. The van der Waals surface area contributed by atoms with E-state index >= 15 is 0 Å². The third kappa shape index (κ3) is 5.76. The van der Waals surface area contributed by atoms with Crippen molar-refractivity contribution in [2.45, 2.75) is 33.6 Å². The van der Waals surface area contributed by atoms with Gasteiger partial charge < -0.3 is 14.4 Å². The molecular weight excluding hydrogens is 282 g/mol. The van der Waals surface area contributed by atoms with E-state index in [1.165, 1.54) is 5.56 Å². The third-order valence-corrected chi connectivity index (χ3v) is 3.29. The molecule has 22 heavy (non-hydrogen) atoms. The summed E-state index contributed by atoms with van der Waals surface area (Å²) in [5.41, 5.74) is 1.71. The summed E-state index contributed by atoms with van der Waals surface area (Å²) in [5, 5.41) is 0. The lowest BCUT2D eigenvalue weighted by Gasteiger charge is -2.17. The monoisotopic (exact) mass is 307 g/mol. The highest BCUT2D eigenvalue weighted by molar-refractivity contribution is 5.89. The molecular formula is C17H25NO4. The summed E-state index contributed by atoms with van der Waals surface area (Å²) in [5.74, 6) is -0.401. The second-order valence-electron chi connectivity index (χ2n) is 4.87. The Kier molecular flexibility index (Phi) is 8.04. The van der Waals surface area contributed by atoms with Crippen LogP contribution in [0.15, 0.2) is 24.3 Å². The molecule has 5 nitrogen and oxygen atoms in total. The normalized spacial score (nSPS) is 10.1. The van der Waals surface area contributed by atoms with Crippen molar-refractivity contribution in [2.24, 2.45) is 0 Å². The number of carbonyl (C=O) groups is 2. The number of amides is 1. The molecule has 0 saturated heterocycles. The van der Waals surface area contributed by atoms with Crippen LogP contribution in [0, 0.1) is 0 Å². The first-order chi connectivity index (χ1) is 10.6. The minimum atomic E-state index is -0.401. The highest BCUT2D eigenvalue weighted by Crippen LogP contribution is 2.08. The van der Waals surface area contributed by atoms with Crippen LogP contribution in [0.4, 0.5) is 4.79 Å². The Balaban J connectivity index is 2.32. The average Bonchev–Trinajstić information content (AvgIpc) is 2.53. The molecule has 0 spiro atoms. The molecule has 1 aromatic rings. The van der Waals surface area contributed by atoms with E-state index in [1.54, 1.807) is 17.0 Å². The van der Waals surface area contributed by atoms with E-state index in [0.717, 1.165) is 12.8 Å². The van der Waals surface area contributed by atoms with Crippen molar-refractivity contribution in [2.75, 3.05) is 26.3 Å². The van der Waals surface area contributed by atoms with Crippen molar-refractivity contribution < 1.29 is 19.1 Å². The minimum Gasteiger partial charge on any atom is -0.458 e. The van der Waals surface area contributed by atoms with E-state index < -0.39 is 5.97 Å². The van der Waals surface area contributed by atoms with E-state index in [1.807, 2.05) is 26.0 Å². The van der Waals surface area contributed by atoms with Crippen molar-refractivity contribution in [3.05, 3.63) is 35.4 Å².